The summed E-state index contributed by atoms with van der Waals surface area (Å²) < 4.78 is 12.4. The SMILES string of the molecule is CC1(C)OB(c2ccc(-c3nc4ccc(O)cc4c4c3ccc3ccccc34)cc2)OC1(C)C. The van der Waals surface area contributed by atoms with E-state index in [1.54, 1.807) is 6.07 Å². The van der Waals surface area contributed by atoms with Gasteiger partial charge in [-0.2, -0.15) is 0 Å². The van der Waals surface area contributed by atoms with Gasteiger partial charge in [0.15, 0.2) is 0 Å². The largest absolute Gasteiger partial charge is 0.508 e. The van der Waals surface area contributed by atoms with E-state index in [2.05, 4.69) is 82.3 Å². The topological polar surface area (TPSA) is 51.6 Å². The maximum absolute atomic E-state index is 10.2. The first-order valence-electron chi connectivity index (χ1n) is 11.6. The normalized spacial score (nSPS) is 17.1. The molecule has 6 rings (SSSR count). The molecule has 1 saturated heterocycles. The molecule has 1 aliphatic rings. The van der Waals surface area contributed by atoms with E-state index in [9.17, 15) is 5.11 Å². The summed E-state index contributed by atoms with van der Waals surface area (Å²) in [5.41, 5.74) is 3.03. The van der Waals surface area contributed by atoms with Crippen LogP contribution in [0.4, 0.5) is 0 Å². The molecule has 0 aliphatic carbocycles. The number of fused-ring (bicyclic) bond motifs is 5. The van der Waals surface area contributed by atoms with Gasteiger partial charge in [-0.25, -0.2) is 4.98 Å². The van der Waals surface area contributed by atoms with Crippen LogP contribution in [0.2, 0.25) is 0 Å². The van der Waals surface area contributed by atoms with Crippen molar-refractivity contribution < 1.29 is 14.4 Å². The third-order valence-corrected chi connectivity index (χ3v) is 7.38. The van der Waals surface area contributed by atoms with Crippen molar-refractivity contribution in [2.45, 2.75) is 38.9 Å². The summed E-state index contributed by atoms with van der Waals surface area (Å²) in [6.45, 7) is 8.26. The number of aromatic nitrogens is 1. The predicted octanol–water partition coefficient (Wildman–Crippen LogP) is 6.21. The fraction of sp³-hybridized carbons (Fsp3) is 0.207. The number of hydrogen-bond acceptors (Lipinski definition) is 4. The van der Waals surface area contributed by atoms with Gasteiger partial charge in [-0.3, -0.25) is 0 Å². The van der Waals surface area contributed by atoms with Gasteiger partial charge in [0.05, 0.1) is 22.4 Å². The fourth-order valence-corrected chi connectivity index (χ4v) is 4.76. The third-order valence-electron chi connectivity index (χ3n) is 7.38. The zero-order chi connectivity index (χ0) is 23.7. The van der Waals surface area contributed by atoms with Crippen molar-refractivity contribution in [1.29, 1.82) is 0 Å². The van der Waals surface area contributed by atoms with Crippen LogP contribution in [0.15, 0.2) is 78.9 Å². The van der Waals surface area contributed by atoms with Crippen LogP contribution < -0.4 is 5.46 Å². The highest BCUT2D eigenvalue weighted by atomic mass is 16.7. The molecule has 2 heterocycles. The molecule has 0 atom stereocenters. The zero-order valence-electron chi connectivity index (χ0n) is 19.8. The van der Waals surface area contributed by atoms with E-state index < -0.39 is 7.12 Å². The number of hydrogen-bond donors (Lipinski definition) is 1. The average molecular weight is 447 g/mol. The Morgan fingerprint density at radius 2 is 1.44 bits per heavy atom. The highest BCUT2D eigenvalue weighted by molar-refractivity contribution is 6.62. The lowest BCUT2D eigenvalue weighted by atomic mass is 9.78. The minimum atomic E-state index is -0.396. The second-order valence-electron chi connectivity index (χ2n) is 10.1. The van der Waals surface area contributed by atoms with E-state index in [0.717, 1.165) is 49.2 Å². The molecule has 0 bridgehead atoms. The van der Waals surface area contributed by atoms with Crippen molar-refractivity contribution >= 4 is 45.0 Å². The van der Waals surface area contributed by atoms with E-state index in [0.29, 0.717) is 0 Å². The number of aromatic hydroxyl groups is 1. The van der Waals surface area contributed by atoms with Crippen LogP contribution in [0, 0.1) is 0 Å². The molecule has 4 aromatic carbocycles. The molecule has 0 saturated carbocycles. The van der Waals surface area contributed by atoms with Crippen molar-refractivity contribution in [3.8, 4) is 17.0 Å². The first-order valence-corrected chi connectivity index (χ1v) is 11.6. The highest BCUT2D eigenvalue weighted by Crippen LogP contribution is 2.39. The molecular weight excluding hydrogens is 421 g/mol. The summed E-state index contributed by atoms with van der Waals surface area (Å²) in [5, 5.41) is 15.6. The first-order chi connectivity index (χ1) is 16.2. The Balaban J connectivity index is 1.52. The van der Waals surface area contributed by atoms with Crippen LogP contribution in [0.1, 0.15) is 27.7 Å². The number of nitrogens with zero attached hydrogens (tertiary/aromatic N) is 1. The van der Waals surface area contributed by atoms with Gasteiger partial charge in [0.1, 0.15) is 5.75 Å². The number of benzene rings is 4. The fourth-order valence-electron chi connectivity index (χ4n) is 4.76. The van der Waals surface area contributed by atoms with Gasteiger partial charge in [-0.05, 0) is 62.1 Å². The minimum Gasteiger partial charge on any atom is -0.508 e. The van der Waals surface area contributed by atoms with Crippen LogP contribution in [-0.2, 0) is 9.31 Å². The molecule has 1 aliphatic heterocycles. The van der Waals surface area contributed by atoms with Crippen molar-refractivity contribution in [2.75, 3.05) is 0 Å². The van der Waals surface area contributed by atoms with Crippen LogP contribution in [0.3, 0.4) is 0 Å². The van der Waals surface area contributed by atoms with E-state index in [1.807, 2.05) is 18.2 Å². The van der Waals surface area contributed by atoms with E-state index >= 15 is 0 Å². The Morgan fingerprint density at radius 3 is 2.18 bits per heavy atom. The summed E-state index contributed by atoms with van der Waals surface area (Å²) in [6, 6.07) is 26.3. The third kappa shape index (κ3) is 3.19. The van der Waals surface area contributed by atoms with Gasteiger partial charge in [-0.15, -0.1) is 0 Å². The van der Waals surface area contributed by atoms with E-state index in [1.165, 1.54) is 0 Å². The summed E-state index contributed by atoms with van der Waals surface area (Å²) in [5.74, 6) is 0.239. The quantitative estimate of drug-likeness (QED) is 0.258. The molecule has 34 heavy (non-hydrogen) atoms. The second-order valence-corrected chi connectivity index (χ2v) is 10.1. The molecule has 0 amide bonds. The number of phenols is 1. The Hall–Kier alpha value is -3.41. The van der Waals surface area contributed by atoms with E-state index in [4.69, 9.17) is 14.3 Å². The Kier molecular flexibility index (Phi) is 4.54. The second kappa shape index (κ2) is 7.30. The molecule has 5 heteroatoms. The lowest BCUT2D eigenvalue weighted by Gasteiger charge is -2.32. The van der Waals surface area contributed by atoms with E-state index in [-0.39, 0.29) is 17.0 Å². The molecule has 5 aromatic rings. The summed E-state index contributed by atoms with van der Waals surface area (Å²) in [6.07, 6.45) is 0. The molecule has 0 unspecified atom stereocenters. The summed E-state index contributed by atoms with van der Waals surface area (Å²) >= 11 is 0. The van der Waals surface area contributed by atoms with Gasteiger partial charge in [0.25, 0.3) is 0 Å². The first kappa shape index (κ1) is 21.1. The van der Waals surface area contributed by atoms with Gasteiger partial charge >= 0.3 is 7.12 Å². The Labute approximate surface area is 199 Å². The smallest absolute Gasteiger partial charge is 0.494 e. The minimum absolute atomic E-state index is 0.239. The molecular formula is C29H26BNO3. The molecule has 0 radical (unpaired) electrons. The maximum atomic E-state index is 10.2. The van der Waals surface area contributed by atoms with Gasteiger partial charge in [0.2, 0.25) is 0 Å². The Morgan fingerprint density at radius 1 is 0.735 bits per heavy atom. The molecule has 1 N–H and O–H groups in total. The lowest BCUT2D eigenvalue weighted by Crippen LogP contribution is -2.41. The number of pyridine rings is 1. The van der Waals surface area contributed by atoms with Crippen LogP contribution >= 0.6 is 0 Å². The van der Waals surface area contributed by atoms with Gasteiger partial charge in [0, 0.05) is 21.7 Å². The zero-order valence-corrected chi connectivity index (χ0v) is 19.8. The van der Waals surface area contributed by atoms with Crippen molar-refractivity contribution in [2.24, 2.45) is 0 Å². The highest BCUT2D eigenvalue weighted by Gasteiger charge is 2.51. The standard InChI is InChI=1S/C29H26BNO3/c1-28(2)29(3,4)34-30(33-28)20-12-9-19(10-13-20)27-23-15-11-18-7-5-6-8-22(18)26(23)24-17-21(32)14-16-25(24)31-27/h5-17,32H,1-4H3. The summed E-state index contributed by atoms with van der Waals surface area (Å²) in [7, 11) is -0.396. The average Bonchev–Trinajstić information content (AvgIpc) is 3.05. The van der Waals surface area contributed by atoms with Crippen molar-refractivity contribution in [1.82, 2.24) is 4.98 Å². The lowest BCUT2D eigenvalue weighted by molar-refractivity contribution is 0.00578. The Bertz CT molecular complexity index is 1560. The monoisotopic (exact) mass is 447 g/mol. The van der Waals surface area contributed by atoms with Crippen molar-refractivity contribution in [3.05, 3.63) is 78.9 Å². The van der Waals surface area contributed by atoms with Crippen LogP contribution in [-0.4, -0.2) is 28.4 Å². The van der Waals surface area contributed by atoms with Crippen molar-refractivity contribution in [3.63, 3.8) is 0 Å². The number of rotatable bonds is 2. The van der Waals surface area contributed by atoms with Crippen LogP contribution in [0.25, 0.3) is 43.7 Å². The van der Waals surface area contributed by atoms with Gasteiger partial charge in [-0.1, -0.05) is 60.7 Å². The molecule has 1 aromatic heterocycles. The molecule has 1 fully saturated rings. The number of phenolic OH excluding ortho intramolecular Hbond substituents is 1. The maximum Gasteiger partial charge on any atom is 0.494 e. The van der Waals surface area contributed by atoms with Gasteiger partial charge < -0.3 is 14.4 Å². The molecule has 4 nitrogen and oxygen atoms in total. The molecule has 0 spiro atoms. The predicted molar refractivity (Wildman–Crippen MR) is 140 cm³/mol. The summed E-state index contributed by atoms with van der Waals surface area (Å²) in [4.78, 5) is 5.02. The van der Waals surface area contributed by atoms with Crippen LogP contribution in [0.5, 0.6) is 5.75 Å². The molecule has 168 valence electrons.